The van der Waals surface area contributed by atoms with Crippen molar-refractivity contribution in [2.24, 2.45) is 0 Å². The topological polar surface area (TPSA) is 59.0 Å². The van der Waals surface area contributed by atoms with Crippen LogP contribution in [0, 0.1) is 18.3 Å². The summed E-state index contributed by atoms with van der Waals surface area (Å²) in [5, 5.41) is 9.02. The van der Waals surface area contributed by atoms with Crippen LogP contribution in [-0.4, -0.2) is 0 Å². The minimum atomic E-state index is -4.60. The van der Waals surface area contributed by atoms with Gasteiger partial charge < -0.3 is 10.5 Å². The summed E-state index contributed by atoms with van der Waals surface area (Å²) >= 11 is 0. The van der Waals surface area contributed by atoms with E-state index in [1.165, 1.54) is 12.1 Å². The Bertz CT molecular complexity index is 718. The van der Waals surface area contributed by atoms with Gasteiger partial charge >= 0.3 is 6.18 Å². The monoisotopic (exact) mass is 292 g/mol. The minimum Gasteiger partial charge on any atom is -0.455 e. The summed E-state index contributed by atoms with van der Waals surface area (Å²) in [5.41, 5.74) is 5.14. The number of nitrogen functional groups attached to an aromatic ring is 1. The molecule has 0 fully saturated rings. The number of nitriles is 1. The second-order valence-electron chi connectivity index (χ2n) is 4.42. The molecule has 0 bridgehead atoms. The highest BCUT2D eigenvalue weighted by Gasteiger charge is 2.35. The molecule has 6 heteroatoms. The molecular formula is C15H11F3N2O. The second-order valence-corrected chi connectivity index (χ2v) is 4.42. The molecule has 0 aliphatic heterocycles. The normalized spacial score (nSPS) is 11.0. The van der Waals surface area contributed by atoms with Gasteiger partial charge in [-0.1, -0.05) is 12.1 Å². The van der Waals surface area contributed by atoms with E-state index in [2.05, 4.69) is 0 Å². The molecule has 0 aliphatic rings. The van der Waals surface area contributed by atoms with Crippen molar-refractivity contribution in [1.29, 1.82) is 5.26 Å². The molecule has 0 unspecified atom stereocenters. The summed E-state index contributed by atoms with van der Waals surface area (Å²) in [4.78, 5) is 0. The first-order chi connectivity index (χ1) is 9.82. The largest absolute Gasteiger partial charge is 0.455 e. The van der Waals surface area contributed by atoms with Crippen molar-refractivity contribution in [2.45, 2.75) is 13.1 Å². The average molecular weight is 292 g/mol. The lowest BCUT2D eigenvalue weighted by molar-refractivity contribution is -0.138. The maximum Gasteiger partial charge on any atom is 0.420 e. The Hall–Kier alpha value is -2.68. The molecule has 3 nitrogen and oxygen atoms in total. The van der Waals surface area contributed by atoms with E-state index in [4.69, 9.17) is 15.7 Å². The summed E-state index contributed by atoms with van der Waals surface area (Å²) in [6.45, 7) is 1.65. The molecule has 0 spiro atoms. The van der Waals surface area contributed by atoms with Crippen LogP contribution in [0.4, 0.5) is 18.9 Å². The van der Waals surface area contributed by atoms with Crippen LogP contribution >= 0.6 is 0 Å². The van der Waals surface area contributed by atoms with Gasteiger partial charge in [0.15, 0.2) is 0 Å². The number of nitrogens with two attached hydrogens (primary N) is 1. The Balaban J connectivity index is 2.54. The van der Waals surface area contributed by atoms with Gasteiger partial charge in [-0.05, 0) is 36.8 Å². The number of para-hydroxylation sites is 1. The maximum atomic E-state index is 13.0. The number of hydrogen-bond acceptors (Lipinski definition) is 3. The zero-order valence-corrected chi connectivity index (χ0v) is 11.0. The molecule has 2 rings (SSSR count). The maximum absolute atomic E-state index is 13.0. The van der Waals surface area contributed by atoms with Gasteiger partial charge in [0.1, 0.15) is 23.1 Å². The molecule has 2 N–H and O–H groups in total. The van der Waals surface area contributed by atoms with Crippen LogP contribution in [0.15, 0.2) is 36.4 Å². The molecule has 0 amide bonds. The molecule has 0 radical (unpaired) electrons. The lowest BCUT2D eigenvalue weighted by atomic mass is 10.1. The fraction of sp³-hybridized carbons (Fsp3) is 0.133. The van der Waals surface area contributed by atoms with Crippen LogP contribution < -0.4 is 10.5 Å². The van der Waals surface area contributed by atoms with Crippen LogP contribution in [0.2, 0.25) is 0 Å². The van der Waals surface area contributed by atoms with Gasteiger partial charge in [0.05, 0.1) is 5.56 Å². The Kier molecular flexibility index (Phi) is 3.76. The number of nitrogens with zero attached hydrogens (tertiary/aromatic N) is 1. The molecule has 2 aromatic carbocycles. The second kappa shape index (κ2) is 5.37. The number of ether oxygens (including phenoxy) is 1. The summed E-state index contributed by atoms with van der Waals surface area (Å²) in [6.07, 6.45) is -4.60. The SMILES string of the molecule is Cc1cccc(C#N)c1Oc1ccc(N)cc1C(F)(F)F. The van der Waals surface area contributed by atoms with Gasteiger partial charge in [-0.3, -0.25) is 0 Å². The molecule has 0 saturated heterocycles. The Labute approximate surface area is 119 Å². The predicted octanol–water partition coefficient (Wildman–Crippen LogP) is 4.26. The molecule has 2 aromatic rings. The molecule has 0 atom stereocenters. The number of aryl methyl sites for hydroxylation is 1. The Morgan fingerprint density at radius 1 is 1.19 bits per heavy atom. The fourth-order valence-electron chi connectivity index (χ4n) is 1.84. The zero-order chi connectivity index (χ0) is 15.6. The van der Waals surface area contributed by atoms with Crippen molar-refractivity contribution in [3.8, 4) is 17.6 Å². The van der Waals surface area contributed by atoms with E-state index in [0.29, 0.717) is 5.56 Å². The average Bonchev–Trinajstić information content (AvgIpc) is 2.41. The van der Waals surface area contributed by atoms with Crippen molar-refractivity contribution in [1.82, 2.24) is 0 Å². The zero-order valence-electron chi connectivity index (χ0n) is 11.0. The molecule has 21 heavy (non-hydrogen) atoms. The number of halogens is 3. The first-order valence-corrected chi connectivity index (χ1v) is 5.97. The third-order valence-corrected chi connectivity index (χ3v) is 2.85. The highest BCUT2D eigenvalue weighted by molar-refractivity contribution is 5.54. The lowest BCUT2D eigenvalue weighted by Crippen LogP contribution is -2.08. The van der Waals surface area contributed by atoms with Gasteiger partial charge in [-0.15, -0.1) is 0 Å². The third-order valence-electron chi connectivity index (χ3n) is 2.85. The molecule has 0 aliphatic carbocycles. The van der Waals surface area contributed by atoms with E-state index in [-0.39, 0.29) is 22.7 Å². The standard InChI is InChI=1S/C15H11F3N2O/c1-9-3-2-4-10(8-19)14(9)21-13-6-5-11(20)7-12(13)15(16,17)18/h2-7H,20H2,1H3. The van der Waals surface area contributed by atoms with Gasteiger partial charge in [0.2, 0.25) is 0 Å². The van der Waals surface area contributed by atoms with E-state index >= 15 is 0 Å². The van der Waals surface area contributed by atoms with Gasteiger partial charge in [-0.2, -0.15) is 18.4 Å². The van der Waals surface area contributed by atoms with Crippen LogP contribution in [0.5, 0.6) is 11.5 Å². The van der Waals surface area contributed by atoms with Crippen LogP contribution in [0.25, 0.3) is 0 Å². The van der Waals surface area contributed by atoms with E-state index in [1.54, 1.807) is 19.1 Å². The molecule has 108 valence electrons. The van der Waals surface area contributed by atoms with Crippen molar-refractivity contribution >= 4 is 5.69 Å². The first-order valence-electron chi connectivity index (χ1n) is 5.97. The predicted molar refractivity (Wildman–Crippen MR) is 71.8 cm³/mol. The van der Waals surface area contributed by atoms with E-state index in [9.17, 15) is 13.2 Å². The van der Waals surface area contributed by atoms with Crippen molar-refractivity contribution in [3.63, 3.8) is 0 Å². The van der Waals surface area contributed by atoms with Crippen molar-refractivity contribution in [3.05, 3.63) is 53.1 Å². The van der Waals surface area contributed by atoms with E-state index in [1.807, 2.05) is 6.07 Å². The van der Waals surface area contributed by atoms with Crippen LogP contribution in [0.1, 0.15) is 16.7 Å². The molecule has 0 heterocycles. The molecular weight excluding hydrogens is 281 g/mol. The lowest BCUT2D eigenvalue weighted by Gasteiger charge is -2.16. The van der Waals surface area contributed by atoms with E-state index < -0.39 is 11.7 Å². The highest BCUT2D eigenvalue weighted by atomic mass is 19.4. The van der Waals surface area contributed by atoms with Crippen LogP contribution in [-0.2, 0) is 6.18 Å². The number of benzene rings is 2. The van der Waals surface area contributed by atoms with E-state index in [0.717, 1.165) is 12.1 Å². The van der Waals surface area contributed by atoms with Crippen molar-refractivity contribution in [2.75, 3.05) is 5.73 Å². The van der Waals surface area contributed by atoms with Gasteiger partial charge in [0.25, 0.3) is 0 Å². The summed E-state index contributed by atoms with van der Waals surface area (Å²) in [6, 6.07) is 9.93. The quantitative estimate of drug-likeness (QED) is 0.841. The Morgan fingerprint density at radius 2 is 1.90 bits per heavy atom. The molecule has 0 aromatic heterocycles. The number of hydrogen-bond donors (Lipinski definition) is 1. The summed E-state index contributed by atoms with van der Waals surface area (Å²) < 4.78 is 44.4. The highest BCUT2D eigenvalue weighted by Crippen LogP contribution is 2.40. The third kappa shape index (κ3) is 3.08. The summed E-state index contributed by atoms with van der Waals surface area (Å²) in [7, 11) is 0. The van der Waals surface area contributed by atoms with Crippen LogP contribution in [0.3, 0.4) is 0 Å². The first kappa shape index (κ1) is 14.7. The summed E-state index contributed by atoms with van der Waals surface area (Å²) in [5.74, 6) is -0.280. The van der Waals surface area contributed by atoms with Gasteiger partial charge in [-0.25, -0.2) is 0 Å². The number of rotatable bonds is 2. The molecule has 0 saturated carbocycles. The Morgan fingerprint density at radius 3 is 2.52 bits per heavy atom. The smallest absolute Gasteiger partial charge is 0.420 e. The number of anilines is 1. The fourth-order valence-corrected chi connectivity index (χ4v) is 1.84. The number of alkyl halides is 3. The van der Waals surface area contributed by atoms with Crippen molar-refractivity contribution < 1.29 is 17.9 Å². The minimum absolute atomic E-state index is 0.0139. The van der Waals surface area contributed by atoms with Gasteiger partial charge in [0, 0.05) is 5.69 Å².